The van der Waals surface area contributed by atoms with Gasteiger partial charge >= 0.3 is 0 Å². The van der Waals surface area contributed by atoms with Crippen molar-refractivity contribution in [1.29, 1.82) is 0 Å². The first-order chi connectivity index (χ1) is 7.83. The van der Waals surface area contributed by atoms with E-state index < -0.39 is 0 Å². The molecule has 3 rings (SSSR count). The normalized spacial score (nSPS) is 10.8. The molecule has 16 heavy (non-hydrogen) atoms. The predicted octanol–water partition coefficient (Wildman–Crippen LogP) is 3.99. The fourth-order valence-corrected chi connectivity index (χ4v) is 2.16. The van der Waals surface area contributed by atoms with Crippen LogP contribution in [0.2, 0.25) is 0 Å². The number of fused-ring (bicyclic) bond motifs is 1. The monoisotopic (exact) mass is 272 g/mol. The minimum atomic E-state index is 1.09. The lowest BCUT2D eigenvalue weighted by Crippen LogP contribution is -1.77. The molecule has 0 saturated carbocycles. The van der Waals surface area contributed by atoms with Crippen molar-refractivity contribution < 1.29 is 0 Å². The summed E-state index contributed by atoms with van der Waals surface area (Å²) in [6, 6.07) is 12.3. The maximum atomic E-state index is 4.12. The SMILES string of the molecule is Brc1ccc2[nH]c(-c3cccnc3)cc2c1. The minimum Gasteiger partial charge on any atom is -0.354 e. The molecule has 0 unspecified atom stereocenters. The maximum absolute atomic E-state index is 4.12. The van der Waals surface area contributed by atoms with Crippen LogP contribution in [0.25, 0.3) is 22.2 Å². The van der Waals surface area contributed by atoms with Gasteiger partial charge in [0.1, 0.15) is 0 Å². The van der Waals surface area contributed by atoms with Gasteiger partial charge in [-0.1, -0.05) is 15.9 Å². The quantitative estimate of drug-likeness (QED) is 0.713. The van der Waals surface area contributed by atoms with Crippen LogP contribution < -0.4 is 0 Å². The Morgan fingerprint density at radius 1 is 1.12 bits per heavy atom. The van der Waals surface area contributed by atoms with Crippen molar-refractivity contribution in [2.75, 3.05) is 0 Å². The summed E-state index contributed by atoms with van der Waals surface area (Å²) in [5, 5.41) is 1.20. The molecular weight excluding hydrogens is 264 g/mol. The van der Waals surface area contributed by atoms with Crippen LogP contribution in [0.1, 0.15) is 0 Å². The van der Waals surface area contributed by atoms with Crippen LogP contribution in [0.15, 0.2) is 53.3 Å². The van der Waals surface area contributed by atoms with E-state index in [1.807, 2.05) is 24.4 Å². The minimum absolute atomic E-state index is 1.09. The summed E-state index contributed by atoms with van der Waals surface area (Å²) < 4.78 is 1.09. The highest BCUT2D eigenvalue weighted by atomic mass is 79.9. The Labute approximate surface area is 101 Å². The van der Waals surface area contributed by atoms with E-state index in [0.717, 1.165) is 21.2 Å². The molecule has 2 aromatic heterocycles. The largest absolute Gasteiger partial charge is 0.354 e. The molecule has 0 aliphatic heterocycles. The highest BCUT2D eigenvalue weighted by Crippen LogP contribution is 2.25. The number of H-pyrrole nitrogens is 1. The summed E-state index contributed by atoms with van der Waals surface area (Å²) in [6.45, 7) is 0. The number of benzene rings is 1. The summed E-state index contributed by atoms with van der Waals surface area (Å²) >= 11 is 3.47. The number of halogens is 1. The molecule has 2 heterocycles. The molecule has 0 fully saturated rings. The number of rotatable bonds is 1. The number of hydrogen-bond acceptors (Lipinski definition) is 1. The molecule has 0 radical (unpaired) electrons. The molecule has 0 amide bonds. The smallest absolute Gasteiger partial charge is 0.0480 e. The van der Waals surface area contributed by atoms with E-state index in [1.165, 1.54) is 5.39 Å². The van der Waals surface area contributed by atoms with Crippen molar-refractivity contribution in [3.63, 3.8) is 0 Å². The van der Waals surface area contributed by atoms with Crippen LogP contribution >= 0.6 is 15.9 Å². The van der Waals surface area contributed by atoms with Gasteiger partial charge in [0.15, 0.2) is 0 Å². The zero-order valence-corrected chi connectivity index (χ0v) is 10.0. The number of nitrogens with zero attached hydrogens (tertiary/aromatic N) is 1. The van der Waals surface area contributed by atoms with Gasteiger partial charge in [-0.15, -0.1) is 0 Å². The first-order valence-corrected chi connectivity index (χ1v) is 5.81. The molecule has 0 spiro atoms. The molecular formula is C13H9BrN2. The summed E-state index contributed by atoms with van der Waals surface area (Å²) in [4.78, 5) is 7.50. The zero-order valence-electron chi connectivity index (χ0n) is 8.44. The Bertz CT molecular complexity index is 629. The van der Waals surface area contributed by atoms with E-state index in [4.69, 9.17) is 0 Å². The molecule has 1 aromatic carbocycles. The Hall–Kier alpha value is -1.61. The van der Waals surface area contributed by atoms with Crippen molar-refractivity contribution in [2.24, 2.45) is 0 Å². The average Bonchev–Trinajstić information content (AvgIpc) is 2.73. The van der Waals surface area contributed by atoms with E-state index in [9.17, 15) is 0 Å². The fraction of sp³-hybridized carbons (Fsp3) is 0. The van der Waals surface area contributed by atoms with Gasteiger partial charge in [-0.3, -0.25) is 4.98 Å². The maximum Gasteiger partial charge on any atom is 0.0480 e. The summed E-state index contributed by atoms with van der Waals surface area (Å²) in [7, 11) is 0. The third-order valence-corrected chi connectivity index (χ3v) is 3.05. The number of hydrogen-bond donors (Lipinski definition) is 1. The third-order valence-electron chi connectivity index (χ3n) is 2.56. The molecule has 2 nitrogen and oxygen atoms in total. The second-order valence-electron chi connectivity index (χ2n) is 3.66. The molecule has 0 atom stereocenters. The Morgan fingerprint density at radius 3 is 2.88 bits per heavy atom. The van der Waals surface area contributed by atoms with E-state index in [2.05, 4.69) is 44.1 Å². The van der Waals surface area contributed by atoms with Gasteiger partial charge in [0.2, 0.25) is 0 Å². The summed E-state index contributed by atoms with van der Waals surface area (Å²) in [5.74, 6) is 0. The molecule has 78 valence electrons. The van der Waals surface area contributed by atoms with Gasteiger partial charge in [-0.2, -0.15) is 0 Å². The van der Waals surface area contributed by atoms with Gasteiger partial charge in [-0.05, 0) is 36.4 Å². The van der Waals surface area contributed by atoms with Crippen molar-refractivity contribution >= 4 is 26.8 Å². The topological polar surface area (TPSA) is 28.7 Å². The standard InChI is InChI=1S/C13H9BrN2/c14-11-3-4-12-10(6-11)7-13(16-12)9-2-1-5-15-8-9/h1-8,16H. The number of nitrogens with one attached hydrogen (secondary N) is 1. The first kappa shape index (κ1) is 9.60. The van der Waals surface area contributed by atoms with Crippen molar-refractivity contribution in [3.05, 3.63) is 53.3 Å². The van der Waals surface area contributed by atoms with E-state index in [-0.39, 0.29) is 0 Å². The number of pyridine rings is 1. The second kappa shape index (κ2) is 3.76. The number of aromatic nitrogens is 2. The Balaban J connectivity index is 2.19. The summed E-state index contributed by atoms with van der Waals surface area (Å²) in [6.07, 6.45) is 3.64. The lowest BCUT2D eigenvalue weighted by atomic mass is 10.2. The molecule has 1 N–H and O–H groups in total. The molecule has 0 bridgehead atoms. The molecule has 0 aliphatic rings. The van der Waals surface area contributed by atoms with E-state index in [1.54, 1.807) is 6.20 Å². The number of aromatic amines is 1. The Morgan fingerprint density at radius 2 is 2.06 bits per heavy atom. The van der Waals surface area contributed by atoms with E-state index in [0.29, 0.717) is 0 Å². The van der Waals surface area contributed by atoms with Crippen molar-refractivity contribution in [2.45, 2.75) is 0 Å². The highest BCUT2D eigenvalue weighted by Gasteiger charge is 2.03. The van der Waals surface area contributed by atoms with Gasteiger partial charge in [-0.25, -0.2) is 0 Å². The van der Waals surface area contributed by atoms with E-state index >= 15 is 0 Å². The Kier molecular flexibility index (Phi) is 2.26. The van der Waals surface area contributed by atoms with Crippen LogP contribution in [0.4, 0.5) is 0 Å². The molecule has 0 saturated heterocycles. The third kappa shape index (κ3) is 1.63. The molecule has 3 aromatic rings. The zero-order chi connectivity index (χ0) is 11.0. The van der Waals surface area contributed by atoms with Gasteiger partial charge < -0.3 is 4.98 Å². The predicted molar refractivity (Wildman–Crippen MR) is 69.2 cm³/mol. The lowest BCUT2D eigenvalue weighted by molar-refractivity contribution is 1.31. The van der Waals surface area contributed by atoms with Crippen LogP contribution in [0.3, 0.4) is 0 Å². The second-order valence-corrected chi connectivity index (χ2v) is 4.57. The van der Waals surface area contributed by atoms with Crippen molar-refractivity contribution in [1.82, 2.24) is 9.97 Å². The lowest BCUT2D eigenvalue weighted by Gasteiger charge is -1.94. The highest BCUT2D eigenvalue weighted by molar-refractivity contribution is 9.10. The molecule has 3 heteroatoms. The first-order valence-electron chi connectivity index (χ1n) is 5.01. The van der Waals surface area contributed by atoms with Crippen molar-refractivity contribution in [3.8, 4) is 11.3 Å². The van der Waals surface area contributed by atoms with Crippen LogP contribution in [0, 0.1) is 0 Å². The van der Waals surface area contributed by atoms with Gasteiger partial charge in [0.05, 0.1) is 0 Å². The van der Waals surface area contributed by atoms with Gasteiger partial charge in [0, 0.05) is 39.0 Å². The average molecular weight is 273 g/mol. The van der Waals surface area contributed by atoms with Crippen LogP contribution in [-0.4, -0.2) is 9.97 Å². The molecule has 0 aliphatic carbocycles. The fourth-order valence-electron chi connectivity index (χ4n) is 1.78. The summed E-state index contributed by atoms with van der Waals surface area (Å²) in [5.41, 5.74) is 3.35. The van der Waals surface area contributed by atoms with Crippen LogP contribution in [0.5, 0.6) is 0 Å². The van der Waals surface area contributed by atoms with Gasteiger partial charge in [0.25, 0.3) is 0 Å². The van der Waals surface area contributed by atoms with Crippen LogP contribution in [-0.2, 0) is 0 Å².